The van der Waals surface area contributed by atoms with E-state index in [1.807, 2.05) is 0 Å². The van der Waals surface area contributed by atoms with Gasteiger partial charge in [0.2, 0.25) is 5.91 Å². The zero-order valence-electron chi connectivity index (χ0n) is 9.94. The van der Waals surface area contributed by atoms with Gasteiger partial charge in [0.25, 0.3) is 0 Å². The molecule has 0 spiro atoms. The van der Waals surface area contributed by atoms with E-state index in [9.17, 15) is 14.4 Å². The van der Waals surface area contributed by atoms with Gasteiger partial charge < -0.3 is 15.7 Å². The number of ketones is 1. The number of carboxylic acid groups (broad SMARTS) is 1. The van der Waals surface area contributed by atoms with Crippen LogP contribution in [0.25, 0.3) is 0 Å². The van der Waals surface area contributed by atoms with Crippen LogP contribution in [0.4, 0.5) is 5.13 Å². The van der Waals surface area contributed by atoms with Crippen molar-refractivity contribution in [1.82, 2.24) is 10.3 Å². The summed E-state index contributed by atoms with van der Waals surface area (Å²) in [6, 6.07) is 0. The van der Waals surface area contributed by atoms with E-state index in [1.165, 1.54) is 13.8 Å². The first-order chi connectivity index (χ1) is 8.41. The second-order valence-electron chi connectivity index (χ2n) is 3.47. The van der Waals surface area contributed by atoms with Crippen molar-refractivity contribution < 1.29 is 19.5 Å². The van der Waals surface area contributed by atoms with E-state index in [1.54, 1.807) is 0 Å². The van der Waals surface area contributed by atoms with Gasteiger partial charge in [0, 0.05) is 26.9 Å². The average molecular weight is 271 g/mol. The highest BCUT2D eigenvalue weighted by atomic mass is 32.1. The normalized spacial score (nSPS) is 9.89. The van der Waals surface area contributed by atoms with Crippen LogP contribution in [0, 0.1) is 0 Å². The summed E-state index contributed by atoms with van der Waals surface area (Å²) in [6.45, 7) is 3.50. The van der Waals surface area contributed by atoms with Crippen molar-refractivity contribution in [3.63, 3.8) is 0 Å². The lowest BCUT2D eigenvalue weighted by molar-refractivity contribution is -0.118. The molecule has 0 aromatic carbocycles. The molecule has 0 radical (unpaired) electrons. The number of carbonyl (C=O) groups is 3. The molecule has 8 heteroatoms. The maximum atomic E-state index is 11.2. The van der Waals surface area contributed by atoms with Crippen molar-refractivity contribution in [2.75, 3.05) is 18.4 Å². The molecule has 1 aromatic heterocycles. The fourth-order valence-electron chi connectivity index (χ4n) is 1.19. The zero-order valence-corrected chi connectivity index (χ0v) is 10.8. The summed E-state index contributed by atoms with van der Waals surface area (Å²) >= 11 is 0.989. The molecule has 0 saturated carbocycles. The molecule has 98 valence electrons. The van der Waals surface area contributed by atoms with Gasteiger partial charge in [0.15, 0.2) is 16.6 Å². The first-order valence-electron chi connectivity index (χ1n) is 5.15. The van der Waals surface area contributed by atoms with Crippen LogP contribution in [0.2, 0.25) is 0 Å². The van der Waals surface area contributed by atoms with E-state index >= 15 is 0 Å². The maximum absolute atomic E-state index is 11.2. The van der Waals surface area contributed by atoms with Gasteiger partial charge in [-0.15, -0.1) is 0 Å². The van der Waals surface area contributed by atoms with E-state index < -0.39 is 5.97 Å². The summed E-state index contributed by atoms with van der Waals surface area (Å²) in [6.07, 6.45) is 0. The van der Waals surface area contributed by atoms with Crippen molar-refractivity contribution in [1.29, 1.82) is 0 Å². The number of Topliss-reactive ketones (excluding diaryl/α,β-unsaturated/α-hetero) is 1. The van der Waals surface area contributed by atoms with Gasteiger partial charge in [-0.25, -0.2) is 9.78 Å². The summed E-state index contributed by atoms with van der Waals surface area (Å²) in [5.74, 6) is -1.71. The number of thiazole rings is 1. The molecule has 0 unspecified atom stereocenters. The molecule has 0 aliphatic rings. The van der Waals surface area contributed by atoms with Crippen molar-refractivity contribution in [3.8, 4) is 0 Å². The van der Waals surface area contributed by atoms with Crippen LogP contribution < -0.4 is 10.6 Å². The highest BCUT2D eigenvalue weighted by molar-refractivity contribution is 7.17. The van der Waals surface area contributed by atoms with Crippen LogP contribution >= 0.6 is 11.3 Å². The van der Waals surface area contributed by atoms with Gasteiger partial charge in [0.05, 0.1) is 0 Å². The Hall–Kier alpha value is -1.96. The van der Waals surface area contributed by atoms with Gasteiger partial charge >= 0.3 is 5.97 Å². The SMILES string of the molecule is CC(=O)NCCNc1nc(C(=O)O)c(C(C)=O)s1. The summed E-state index contributed by atoms with van der Waals surface area (Å²) in [7, 11) is 0. The number of carbonyl (C=O) groups excluding carboxylic acids is 2. The number of carboxylic acids is 1. The third-order valence-corrected chi connectivity index (χ3v) is 3.04. The molecule has 1 amide bonds. The third-order valence-electron chi connectivity index (χ3n) is 1.92. The summed E-state index contributed by atoms with van der Waals surface area (Å²) in [4.78, 5) is 36.6. The Balaban J connectivity index is 2.67. The second-order valence-corrected chi connectivity index (χ2v) is 4.47. The van der Waals surface area contributed by atoms with Gasteiger partial charge in [-0.05, 0) is 0 Å². The lowest BCUT2D eigenvalue weighted by Gasteiger charge is -2.02. The molecule has 0 fully saturated rings. The van der Waals surface area contributed by atoms with Crippen LogP contribution in [-0.4, -0.2) is 40.8 Å². The lowest BCUT2D eigenvalue weighted by Crippen LogP contribution is -2.26. The van der Waals surface area contributed by atoms with Crippen molar-refractivity contribution in [3.05, 3.63) is 10.6 Å². The minimum absolute atomic E-state index is 0.115. The largest absolute Gasteiger partial charge is 0.476 e. The fourth-order valence-corrected chi connectivity index (χ4v) is 2.07. The molecular weight excluding hydrogens is 258 g/mol. The monoisotopic (exact) mass is 271 g/mol. The van der Waals surface area contributed by atoms with Crippen LogP contribution in [0.3, 0.4) is 0 Å². The maximum Gasteiger partial charge on any atom is 0.356 e. The molecule has 7 nitrogen and oxygen atoms in total. The van der Waals surface area contributed by atoms with E-state index in [0.29, 0.717) is 18.2 Å². The number of aromatic nitrogens is 1. The topological polar surface area (TPSA) is 108 Å². The van der Waals surface area contributed by atoms with E-state index in [-0.39, 0.29) is 22.3 Å². The van der Waals surface area contributed by atoms with Gasteiger partial charge in [-0.1, -0.05) is 11.3 Å². The molecule has 18 heavy (non-hydrogen) atoms. The first-order valence-corrected chi connectivity index (χ1v) is 5.97. The van der Waals surface area contributed by atoms with Crippen LogP contribution in [-0.2, 0) is 4.79 Å². The molecule has 0 saturated heterocycles. The number of aromatic carboxylic acids is 1. The number of anilines is 1. The number of nitrogens with one attached hydrogen (secondary N) is 2. The number of rotatable bonds is 6. The predicted octanol–water partition coefficient (Wildman–Crippen LogP) is 0.592. The second kappa shape index (κ2) is 6.10. The Kier molecular flexibility index (Phi) is 4.78. The molecule has 1 aromatic rings. The Bertz CT molecular complexity index is 452. The molecule has 0 atom stereocenters. The number of hydrogen-bond acceptors (Lipinski definition) is 6. The number of nitrogens with zero attached hydrogens (tertiary/aromatic N) is 1. The molecule has 1 heterocycles. The highest BCUT2D eigenvalue weighted by Crippen LogP contribution is 2.23. The van der Waals surface area contributed by atoms with Crippen LogP contribution in [0.15, 0.2) is 0 Å². The van der Waals surface area contributed by atoms with Crippen molar-refractivity contribution in [2.45, 2.75) is 13.8 Å². The van der Waals surface area contributed by atoms with Crippen molar-refractivity contribution in [2.24, 2.45) is 0 Å². The molecule has 0 aliphatic heterocycles. The third kappa shape index (κ3) is 3.81. The van der Waals surface area contributed by atoms with Crippen molar-refractivity contribution >= 4 is 34.1 Å². The average Bonchev–Trinajstić information content (AvgIpc) is 2.68. The molecular formula is C10H13N3O4S. The van der Waals surface area contributed by atoms with E-state index in [2.05, 4.69) is 15.6 Å². The van der Waals surface area contributed by atoms with Gasteiger partial charge in [-0.3, -0.25) is 9.59 Å². The summed E-state index contributed by atoms with van der Waals surface area (Å²) in [5, 5.41) is 14.7. The van der Waals surface area contributed by atoms with E-state index in [0.717, 1.165) is 11.3 Å². The quantitative estimate of drug-likeness (QED) is 0.516. The lowest BCUT2D eigenvalue weighted by atomic mass is 10.3. The van der Waals surface area contributed by atoms with Gasteiger partial charge in [0.1, 0.15) is 4.88 Å². The number of hydrogen-bond donors (Lipinski definition) is 3. The van der Waals surface area contributed by atoms with Gasteiger partial charge in [-0.2, -0.15) is 0 Å². The molecule has 3 N–H and O–H groups in total. The molecule has 1 rings (SSSR count). The van der Waals surface area contributed by atoms with Crippen LogP contribution in [0.1, 0.15) is 34.0 Å². The highest BCUT2D eigenvalue weighted by Gasteiger charge is 2.20. The predicted molar refractivity (Wildman–Crippen MR) is 66.3 cm³/mol. The molecule has 0 bridgehead atoms. The smallest absolute Gasteiger partial charge is 0.356 e. The Morgan fingerprint density at radius 3 is 2.39 bits per heavy atom. The molecule has 0 aliphatic carbocycles. The summed E-state index contributed by atoms with van der Waals surface area (Å²) in [5.41, 5.74) is -0.241. The Morgan fingerprint density at radius 2 is 1.94 bits per heavy atom. The first kappa shape index (κ1) is 14.1. The van der Waals surface area contributed by atoms with E-state index in [4.69, 9.17) is 5.11 Å². The standard InChI is InChI=1S/C10H13N3O4S/c1-5(14)8-7(9(16)17)13-10(18-8)12-4-3-11-6(2)15/h3-4H2,1-2H3,(H,11,15)(H,12,13)(H,16,17). The minimum Gasteiger partial charge on any atom is -0.476 e. The minimum atomic E-state index is -1.23. The van der Waals surface area contributed by atoms with Crippen LogP contribution in [0.5, 0.6) is 0 Å². The fraction of sp³-hybridized carbons (Fsp3) is 0.400. The Morgan fingerprint density at radius 1 is 1.28 bits per heavy atom. The summed E-state index contributed by atoms with van der Waals surface area (Å²) < 4.78 is 0. The number of amides is 1. The zero-order chi connectivity index (χ0) is 13.7. The Labute approximate surface area is 107 Å².